The Morgan fingerprint density at radius 2 is 1.80 bits per heavy atom. The lowest BCUT2D eigenvalue weighted by Gasteiger charge is -2.26. The lowest BCUT2D eigenvalue weighted by Crippen LogP contribution is -2.26. The minimum atomic E-state index is -2.85. The molecule has 0 radical (unpaired) electrons. The van der Waals surface area contributed by atoms with Crippen LogP contribution in [0.3, 0.4) is 0 Å². The molecule has 0 aromatic carbocycles. The molecule has 1 saturated carbocycles. The molecule has 0 aromatic rings. The summed E-state index contributed by atoms with van der Waals surface area (Å²) in [6.07, 6.45) is 5.72. The van der Waals surface area contributed by atoms with Crippen LogP contribution in [0.15, 0.2) is 0 Å². The highest BCUT2D eigenvalue weighted by Crippen LogP contribution is 2.42. The molecule has 0 aromatic heterocycles. The molecule has 0 spiro atoms. The van der Waals surface area contributed by atoms with Gasteiger partial charge in [-0.25, -0.2) is 8.42 Å². The van der Waals surface area contributed by atoms with Gasteiger partial charge in [0.1, 0.15) is 0 Å². The molecule has 1 aliphatic rings. The van der Waals surface area contributed by atoms with Crippen LogP contribution < -0.4 is 0 Å². The zero-order valence-electron chi connectivity index (χ0n) is 9.63. The fraction of sp³-hybridized carbons (Fsp3) is 1.00. The summed E-state index contributed by atoms with van der Waals surface area (Å²) >= 11 is 3.54. The van der Waals surface area contributed by atoms with E-state index < -0.39 is 9.84 Å². The van der Waals surface area contributed by atoms with Crippen molar-refractivity contribution in [3.8, 4) is 0 Å². The predicted molar refractivity (Wildman–Crippen MR) is 68.2 cm³/mol. The van der Waals surface area contributed by atoms with E-state index >= 15 is 0 Å². The Morgan fingerprint density at radius 3 is 2.20 bits per heavy atom. The van der Waals surface area contributed by atoms with Crippen LogP contribution in [0, 0.1) is 5.41 Å². The van der Waals surface area contributed by atoms with E-state index in [9.17, 15) is 8.42 Å². The second-order valence-electron chi connectivity index (χ2n) is 5.01. The zero-order valence-corrected chi connectivity index (χ0v) is 12.0. The van der Waals surface area contributed by atoms with Crippen LogP contribution in [0.1, 0.15) is 46.0 Å². The Morgan fingerprint density at radius 1 is 1.27 bits per heavy atom. The summed E-state index contributed by atoms with van der Waals surface area (Å²) < 4.78 is 23.5. The molecule has 0 atom stereocenters. The molecule has 0 unspecified atom stereocenters. The van der Waals surface area contributed by atoms with Gasteiger partial charge in [0.25, 0.3) is 0 Å². The van der Waals surface area contributed by atoms with E-state index in [1.807, 2.05) is 0 Å². The van der Waals surface area contributed by atoms with Gasteiger partial charge in [-0.05, 0) is 38.5 Å². The Bertz CT molecular complexity index is 290. The molecule has 2 nitrogen and oxygen atoms in total. The van der Waals surface area contributed by atoms with Crippen molar-refractivity contribution >= 4 is 25.8 Å². The van der Waals surface area contributed by atoms with Crippen molar-refractivity contribution < 1.29 is 8.42 Å². The van der Waals surface area contributed by atoms with E-state index in [4.69, 9.17) is 0 Å². The third-order valence-corrected chi connectivity index (χ3v) is 6.98. The molecule has 1 rings (SSSR count). The Hall–Kier alpha value is 0.430. The minimum absolute atomic E-state index is 0.230. The van der Waals surface area contributed by atoms with Gasteiger partial charge in [-0.1, -0.05) is 28.8 Å². The number of halogens is 1. The van der Waals surface area contributed by atoms with E-state index in [2.05, 4.69) is 15.9 Å². The van der Waals surface area contributed by atoms with Crippen molar-refractivity contribution in [3.63, 3.8) is 0 Å². The van der Waals surface area contributed by atoms with Gasteiger partial charge >= 0.3 is 0 Å². The number of sulfone groups is 1. The molecule has 0 bridgehead atoms. The fourth-order valence-corrected chi connectivity index (χ4v) is 4.20. The Kier molecular flexibility index (Phi) is 4.65. The molecule has 0 heterocycles. The molecule has 0 amide bonds. The maximum absolute atomic E-state index is 11.7. The molecule has 1 aliphatic carbocycles. The van der Waals surface area contributed by atoms with Gasteiger partial charge in [-0.2, -0.15) is 0 Å². The summed E-state index contributed by atoms with van der Waals surface area (Å²) in [5.74, 6) is 0.357. The largest absolute Gasteiger partial charge is 0.229 e. The van der Waals surface area contributed by atoms with Crippen LogP contribution in [0.25, 0.3) is 0 Å². The first-order valence-corrected chi connectivity index (χ1v) is 8.53. The van der Waals surface area contributed by atoms with Gasteiger partial charge in [0.2, 0.25) is 0 Å². The number of alkyl halides is 1. The third-order valence-electron chi connectivity index (χ3n) is 3.58. The normalized spacial score (nSPS) is 21.1. The standard InChI is InChI=1S/C11H21BrO2S/c1-10(2)15(13,14)8-7-11(9-12)5-3-4-6-11/h10H,3-9H2,1-2H3. The maximum Gasteiger partial charge on any atom is 0.152 e. The van der Waals surface area contributed by atoms with Gasteiger partial charge in [0, 0.05) is 5.33 Å². The second-order valence-corrected chi connectivity index (χ2v) is 8.24. The van der Waals surface area contributed by atoms with E-state index in [0.29, 0.717) is 5.75 Å². The quantitative estimate of drug-likeness (QED) is 0.731. The number of rotatable bonds is 5. The summed E-state index contributed by atoms with van der Waals surface area (Å²) in [7, 11) is -2.85. The zero-order chi connectivity index (χ0) is 11.5. The number of hydrogen-bond acceptors (Lipinski definition) is 2. The van der Waals surface area contributed by atoms with Gasteiger partial charge in [0.15, 0.2) is 9.84 Å². The summed E-state index contributed by atoms with van der Waals surface area (Å²) in [6.45, 7) is 3.54. The van der Waals surface area contributed by atoms with E-state index in [0.717, 1.165) is 11.8 Å². The molecule has 4 heteroatoms. The average molecular weight is 297 g/mol. The second kappa shape index (κ2) is 5.17. The first-order chi connectivity index (χ1) is 6.92. The van der Waals surface area contributed by atoms with Gasteiger partial charge in [-0.3, -0.25) is 0 Å². The van der Waals surface area contributed by atoms with Crippen molar-refractivity contribution in [1.29, 1.82) is 0 Å². The van der Waals surface area contributed by atoms with Crippen LogP contribution in [0.2, 0.25) is 0 Å². The van der Waals surface area contributed by atoms with Crippen molar-refractivity contribution in [3.05, 3.63) is 0 Å². The van der Waals surface area contributed by atoms with Crippen molar-refractivity contribution in [2.45, 2.75) is 51.2 Å². The predicted octanol–water partition coefficient (Wildman–Crippen LogP) is 3.16. The van der Waals surface area contributed by atoms with Crippen LogP contribution in [-0.4, -0.2) is 24.8 Å². The topological polar surface area (TPSA) is 34.1 Å². The molecule has 0 aliphatic heterocycles. The molecular weight excluding hydrogens is 276 g/mol. The Balaban J connectivity index is 2.55. The summed E-state index contributed by atoms with van der Waals surface area (Å²) in [5, 5.41) is 0.722. The lowest BCUT2D eigenvalue weighted by atomic mass is 9.86. The minimum Gasteiger partial charge on any atom is -0.229 e. The highest BCUT2D eigenvalue weighted by atomic mass is 79.9. The first kappa shape index (κ1) is 13.5. The van der Waals surface area contributed by atoms with Crippen LogP contribution in [-0.2, 0) is 9.84 Å². The first-order valence-electron chi connectivity index (χ1n) is 5.69. The Labute approximate surface area is 102 Å². The smallest absolute Gasteiger partial charge is 0.152 e. The van der Waals surface area contributed by atoms with Gasteiger partial charge < -0.3 is 0 Å². The summed E-state index contributed by atoms with van der Waals surface area (Å²) in [6, 6.07) is 0. The monoisotopic (exact) mass is 296 g/mol. The van der Waals surface area contributed by atoms with Crippen LogP contribution >= 0.6 is 15.9 Å². The average Bonchev–Trinajstić information content (AvgIpc) is 2.64. The van der Waals surface area contributed by atoms with E-state index in [-0.39, 0.29) is 10.7 Å². The van der Waals surface area contributed by atoms with Crippen LogP contribution in [0.4, 0.5) is 0 Å². The molecule has 0 saturated heterocycles. The highest BCUT2D eigenvalue weighted by molar-refractivity contribution is 9.09. The summed E-state index contributed by atoms with van der Waals surface area (Å²) in [5.41, 5.74) is 0.266. The fourth-order valence-electron chi connectivity index (χ4n) is 2.17. The van der Waals surface area contributed by atoms with Crippen molar-refractivity contribution in [2.24, 2.45) is 5.41 Å². The molecule has 1 fully saturated rings. The van der Waals surface area contributed by atoms with Gasteiger partial charge in [-0.15, -0.1) is 0 Å². The van der Waals surface area contributed by atoms with E-state index in [1.54, 1.807) is 13.8 Å². The van der Waals surface area contributed by atoms with Gasteiger partial charge in [0.05, 0.1) is 11.0 Å². The molecule has 0 N–H and O–H groups in total. The molecule has 15 heavy (non-hydrogen) atoms. The number of hydrogen-bond donors (Lipinski definition) is 0. The lowest BCUT2D eigenvalue weighted by molar-refractivity contribution is 0.335. The van der Waals surface area contributed by atoms with Crippen LogP contribution in [0.5, 0.6) is 0 Å². The van der Waals surface area contributed by atoms with E-state index in [1.165, 1.54) is 25.7 Å². The third kappa shape index (κ3) is 3.45. The molecular formula is C11H21BrO2S. The highest BCUT2D eigenvalue weighted by Gasteiger charge is 2.34. The molecule has 90 valence electrons. The van der Waals surface area contributed by atoms with Crippen molar-refractivity contribution in [1.82, 2.24) is 0 Å². The van der Waals surface area contributed by atoms with Crippen molar-refractivity contribution in [2.75, 3.05) is 11.1 Å². The summed E-state index contributed by atoms with van der Waals surface area (Å²) in [4.78, 5) is 0. The maximum atomic E-state index is 11.7. The SMILES string of the molecule is CC(C)S(=O)(=O)CCC1(CBr)CCCC1.